The Kier molecular flexibility index (Phi) is 3.84. The Morgan fingerprint density at radius 2 is 1.67 bits per heavy atom. The standard InChI is InChI=1S/C4H11Si.Eu/c1-4-5(2)3;/h4H2,1-3H3;. The summed E-state index contributed by atoms with van der Waals surface area (Å²) in [6.45, 7) is 7.10. The topological polar surface area (TPSA) is 0 Å². The zero-order valence-electron chi connectivity index (χ0n) is 4.59. The molecule has 0 spiro atoms. The van der Waals surface area contributed by atoms with Gasteiger partial charge in [0.2, 0.25) is 0 Å². The molecule has 0 aromatic carbocycles. The zero-order chi connectivity index (χ0) is 5.21. The van der Waals surface area contributed by atoms with Gasteiger partial charge >= 0.3 is 72.9 Å². The van der Waals surface area contributed by atoms with Gasteiger partial charge in [0.05, 0.1) is 0 Å². The molecule has 0 aliphatic heterocycles. The van der Waals surface area contributed by atoms with Crippen molar-refractivity contribution >= 4 is 1.12 Å². The van der Waals surface area contributed by atoms with E-state index < -0.39 is 1.12 Å². The van der Waals surface area contributed by atoms with E-state index in [0.717, 1.165) is 0 Å². The second-order valence-electron chi connectivity index (χ2n) is 2.07. The van der Waals surface area contributed by atoms with Crippen LogP contribution in [-0.4, -0.2) is 1.12 Å². The molecule has 0 fully saturated rings. The summed E-state index contributed by atoms with van der Waals surface area (Å²) in [5.41, 5.74) is 0. The summed E-state index contributed by atoms with van der Waals surface area (Å²) in [4.78, 5) is 0. The van der Waals surface area contributed by atoms with E-state index in [1.54, 1.807) is 0 Å². The van der Waals surface area contributed by atoms with Crippen LogP contribution in [0.4, 0.5) is 0 Å². The Morgan fingerprint density at radius 1 is 1.50 bits per heavy atom. The van der Waals surface area contributed by atoms with Crippen molar-refractivity contribution in [2.45, 2.75) is 26.1 Å². The quantitative estimate of drug-likeness (QED) is 0.612. The van der Waals surface area contributed by atoms with Gasteiger partial charge in [-0.1, -0.05) is 0 Å². The molecule has 0 heterocycles. The molecule has 0 aromatic rings. The van der Waals surface area contributed by atoms with Crippen molar-refractivity contribution in [3.63, 3.8) is 0 Å². The minimum atomic E-state index is -0.576. The van der Waals surface area contributed by atoms with Crippen molar-refractivity contribution in [1.29, 1.82) is 0 Å². The minimum absolute atomic E-state index is 0.576. The van der Waals surface area contributed by atoms with Crippen molar-refractivity contribution in [2.75, 3.05) is 0 Å². The van der Waals surface area contributed by atoms with E-state index in [1.165, 1.54) is 6.04 Å². The molecule has 6 heavy (non-hydrogen) atoms. The van der Waals surface area contributed by atoms with Gasteiger partial charge in [-0.2, -0.15) is 0 Å². The van der Waals surface area contributed by atoms with Gasteiger partial charge in [-0.15, -0.1) is 0 Å². The normalized spacial score (nSPS) is 12.0. The molecule has 0 aromatic heterocycles. The molecular weight excluding hydrogens is 228 g/mol. The van der Waals surface area contributed by atoms with E-state index in [-0.39, 0.29) is 0 Å². The molecule has 0 saturated heterocycles. The average Bonchev–Trinajstić information content (AvgIpc) is 1.35. The molecule has 0 radical (unpaired) electrons. The monoisotopic (exact) mass is 240 g/mol. The van der Waals surface area contributed by atoms with Crippen LogP contribution in [0.5, 0.6) is 0 Å². The molecule has 38 valence electrons. The molecule has 0 rings (SSSR count). The van der Waals surface area contributed by atoms with Crippen LogP contribution >= 0.6 is 0 Å². The van der Waals surface area contributed by atoms with E-state index in [9.17, 15) is 0 Å². The molecule has 0 bridgehead atoms. The third-order valence-corrected chi connectivity index (χ3v) is 5.09. The fourth-order valence-corrected chi connectivity index (χ4v) is 0. The number of hydrogen-bond donors (Lipinski definition) is 0. The summed E-state index contributed by atoms with van der Waals surface area (Å²) in [6, 6.07) is 1.43. The molecule has 2 heteroatoms. The summed E-state index contributed by atoms with van der Waals surface area (Å²) >= 11 is 2.02. The van der Waals surface area contributed by atoms with E-state index >= 15 is 0 Å². The molecule has 0 nitrogen and oxygen atoms in total. The molecule has 0 unspecified atom stereocenters. The summed E-state index contributed by atoms with van der Waals surface area (Å²) in [5.74, 6) is 0. The van der Waals surface area contributed by atoms with Crippen LogP contribution in [-0.2, 0) is 0 Å². The van der Waals surface area contributed by atoms with Crippen molar-refractivity contribution in [2.24, 2.45) is 0 Å². The van der Waals surface area contributed by atoms with Crippen molar-refractivity contribution in [3.8, 4) is 0 Å². The van der Waals surface area contributed by atoms with Crippen LogP contribution in [0.15, 0.2) is 0 Å². The van der Waals surface area contributed by atoms with E-state index in [0.29, 0.717) is 0 Å². The fourth-order valence-electron chi connectivity index (χ4n) is 0. The van der Waals surface area contributed by atoms with Crippen LogP contribution in [0, 0.1) is 45.8 Å². The Labute approximate surface area is 71.6 Å². The molecule has 0 saturated carbocycles. The second kappa shape index (κ2) is 2.95. The Balaban J connectivity index is 3.17. The predicted octanol–water partition coefficient (Wildman–Crippen LogP) is 1.76. The fraction of sp³-hybridized carbons (Fsp3) is 1.00. The molecular formula is C4H11EuSi. The first-order valence-electron chi connectivity index (χ1n) is 2.25. The maximum atomic E-state index is 2.41. The van der Waals surface area contributed by atoms with Crippen molar-refractivity contribution in [3.05, 3.63) is 0 Å². The van der Waals surface area contributed by atoms with Gasteiger partial charge < -0.3 is 0 Å². The van der Waals surface area contributed by atoms with Crippen LogP contribution in [0.25, 0.3) is 0 Å². The Hall–Kier alpha value is 1.80. The van der Waals surface area contributed by atoms with Gasteiger partial charge in [-0.25, -0.2) is 0 Å². The number of rotatable bonds is 1. The van der Waals surface area contributed by atoms with Gasteiger partial charge in [-0.05, 0) is 0 Å². The van der Waals surface area contributed by atoms with Crippen LogP contribution in [0.1, 0.15) is 6.92 Å². The molecule has 0 amide bonds. The van der Waals surface area contributed by atoms with Crippen LogP contribution in [0.3, 0.4) is 0 Å². The summed E-state index contributed by atoms with van der Waals surface area (Å²) < 4.78 is -0.576. The van der Waals surface area contributed by atoms with Crippen LogP contribution in [0.2, 0.25) is 19.1 Å². The molecule has 0 aliphatic rings. The summed E-state index contributed by atoms with van der Waals surface area (Å²) in [6.07, 6.45) is 0. The number of hydrogen-bond acceptors (Lipinski definition) is 0. The second-order valence-corrected chi connectivity index (χ2v) is 16.1. The molecule has 0 atom stereocenters. The first kappa shape index (κ1) is 7.80. The van der Waals surface area contributed by atoms with Crippen molar-refractivity contribution in [1.82, 2.24) is 0 Å². The summed E-state index contributed by atoms with van der Waals surface area (Å²) in [5, 5.41) is 0. The Morgan fingerprint density at radius 3 is 1.67 bits per heavy atom. The van der Waals surface area contributed by atoms with Gasteiger partial charge in [0.1, 0.15) is 0 Å². The van der Waals surface area contributed by atoms with Crippen molar-refractivity contribution < 1.29 is 45.8 Å². The predicted molar refractivity (Wildman–Crippen MR) is 28.0 cm³/mol. The first-order chi connectivity index (χ1) is 2.56. The van der Waals surface area contributed by atoms with Gasteiger partial charge in [0.15, 0.2) is 0 Å². The van der Waals surface area contributed by atoms with Gasteiger partial charge in [0, 0.05) is 0 Å². The van der Waals surface area contributed by atoms with E-state index in [1.807, 2.05) is 45.8 Å². The molecule has 0 N–H and O–H groups in total. The van der Waals surface area contributed by atoms with Gasteiger partial charge in [0.25, 0.3) is 0 Å². The third kappa shape index (κ3) is 5.80. The van der Waals surface area contributed by atoms with Gasteiger partial charge in [-0.3, -0.25) is 0 Å². The molecule has 0 aliphatic carbocycles. The average molecular weight is 239 g/mol. The summed E-state index contributed by atoms with van der Waals surface area (Å²) in [7, 11) is 0. The Bertz CT molecular complexity index is 37.3. The zero-order valence-corrected chi connectivity index (χ0v) is 8.01. The first-order valence-corrected chi connectivity index (χ1v) is 8.97. The van der Waals surface area contributed by atoms with E-state index in [4.69, 9.17) is 0 Å². The maximum absolute atomic E-state index is 2.41. The third-order valence-electron chi connectivity index (χ3n) is 0.841. The SMILES string of the molecule is CC[Si](C)(C)[Eu]. The van der Waals surface area contributed by atoms with E-state index in [2.05, 4.69) is 20.0 Å². The van der Waals surface area contributed by atoms with Crippen LogP contribution < -0.4 is 0 Å².